The Labute approximate surface area is 107 Å². The monoisotopic (exact) mass is 278 g/mol. The van der Waals surface area contributed by atoms with Crippen LogP contribution in [-0.2, 0) is 4.79 Å². The highest BCUT2D eigenvalue weighted by atomic mass is 19.4. The average Bonchev–Trinajstić information content (AvgIpc) is 2.40. The number of carboxylic acid groups (broad SMARTS) is 1. The van der Waals surface area contributed by atoms with Crippen LogP contribution in [0.25, 0.3) is 0 Å². The third-order valence-corrected chi connectivity index (χ3v) is 2.29. The number of aliphatic carboxylic acids is 1. The molecule has 0 aliphatic carbocycles. The van der Waals surface area contributed by atoms with Crippen molar-refractivity contribution in [3.05, 3.63) is 18.5 Å². The summed E-state index contributed by atoms with van der Waals surface area (Å²) in [6.07, 6.45) is -1.54. The molecule has 0 amide bonds. The van der Waals surface area contributed by atoms with Gasteiger partial charge in [-0.15, -0.1) is 0 Å². The van der Waals surface area contributed by atoms with Crippen LogP contribution in [0.2, 0.25) is 0 Å². The predicted octanol–water partition coefficient (Wildman–Crippen LogP) is 0.519. The standard InChI is InChI=1S/C8H12N4.C2HF3O2/c1-2-10-11-7-8(1)12-5-3-9-4-6-12;3-2(4,5)1(6)7/h1-2,7,9H,3-6H2;(H,6,7). The Balaban J connectivity index is 0.000000224. The van der Waals surface area contributed by atoms with Gasteiger partial charge >= 0.3 is 12.1 Å². The van der Waals surface area contributed by atoms with Gasteiger partial charge in [0.25, 0.3) is 0 Å². The lowest BCUT2D eigenvalue weighted by Gasteiger charge is -2.28. The third-order valence-electron chi connectivity index (χ3n) is 2.29. The van der Waals surface area contributed by atoms with Crippen molar-refractivity contribution in [2.45, 2.75) is 6.18 Å². The number of aromatic nitrogens is 2. The van der Waals surface area contributed by atoms with Crippen molar-refractivity contribution in [1.82, 2.24) is 15.5 Å². The van der Waals surface area contributed by atoms with E-state index in [0.29, 0.717) is 0 Å². The van der Waals surface area contributed by atoms with E-state index in [-0.39, 0.29) is 0 Å². The van der Waals surface area contributed by atoms with Gasteiger partial charge in [0.05, 0.1) is 18.1 Å². The minimum absolute atomic E-state index is 1.06. The van der Waals surface area contributed by atoms with Crippen LogP contribution in [-0.4, -0.2) is 53.6 Å². The van der Waals surface area contributed by atoms with Gasteiger partial charge in [-0.05, 0) is 6.07 Å². The summed E-state index contributed by atoms with van der Waals surface area (Å²) < 4.78 is 31.7. The van der Waals surface area contributed by atoms with Crippen LogP contribution in [0.3, 0.4) is 0 Å². The van der Waals surface area contributed by atoms with Gasteiger partial charge in [0, 0.05) is 26.2 Å². The van der Waals surface area contributed by atoms with Gasteiger partial charge in [0.1, 0.15) is 0 Å². The molecule has 106 valence electrons. The number of piperazine rings is 1. The number of anilines is 1. The van der Waals surface area contributed by atoms with E-state index >= 15 is 0 Å². The first-order chi connectivity index (χ1) is 8.91. The summed E-state index contributed by atoms with van der Waals surface area (Å²) in [6, 6.07) is 2.00. The number of carboxylic acids is 1. The summed E-state index contributed by atoms with van der Waals surface area (Å²) in [6.45, 7) is 4.24. The number of carbonyl (C=O) groups is 1. The summed E-state index contributed by atoms with van der Waals surface area (Å²) in [4.78, 5) is 11.2. The molecule has 0 spiro atoms. The molecule has 1 fully saturated rings. The zero-order chi connectivity index (χ0) is 14.3. The van der Waals surface area contributed by atoms with Crippen LogP contribution < -0.4 is 10.2 Å². The minimum Gasteiger partial charge on any atom is -0.475 e. The van der Waals surface area contributed by atoms with Crippen LogP contribution in [0.4, 0.5) is 18.9 Å². The SMILES string of the molecule is O=C(O)C(F)(F)F.c1cc(N2CCNCC2)cnn1. The average molecular weight is 278 g/mol. The number of nitrogens with zero attached hydrogens (tertiary/aromatic N) is 3. The second kappa shape index (κ2) is 6.88. The lowest BCUT2D eigenvalue weighted by Crippen LogP contribution is -2.43. The van der Waals surface area contributed by atoms with Gasteiger partial charge in [0.2, 0.25) is 0 Å². The summed E-state index contributed by atoms with van der Waals surface area (Å²) in [5, 5.41) is 18.0. The van der Waals surface area contributed by atoms with Crippen LogP contribution in [0.1, 0.15) is 0 Å². The first kappa shape index (κ1) is 15.2. The van der Waals surface area contributed by atoms with Crippen molar-refractivity contribution in [3.63, 3.8) is 0 Å². The second-order valence-electron chi connectivity index (χ2n) is 3.64. The molecule has 1 aromatic rings. The molecule has 0 aromatic carbocycles. The number of alkyl halides is 3. The largest absolute Gasteiger partial charge is 0.490 e. The number of hydrogen-bond acceptors (Lipinski definition) is 5. The molecule has 1 aliphatic rings. The fourth-order valence-corrected chi connectivity index (χ4v) is 1.39. The summed E-state index contributed by atoms with van der Waals surface area (Å²) >= 11 is 0. The number of hydrogen-bond donors (Lipinski definition) is 2. The topological polar surface area (TPSA) is 78.4 Å². The van der Waals surface area contributed by atoms with E-state index in [4.69, 9.17) is 9.90 Å². The lowest BCUT2D eigenvalue weighted by molar-refractivity contribution is -0.192. The summed E-state index contributed by atoms with van der Waals surface area (Å²) in [5.74, 6) is -2.76. The van der Waals surface area contributed by atoms with Crippen LogP contribution in [0.5, 0.6) is 0 Å². The van der Waals surface area contributed by atoms with Crippen molar-refractivity contribution in [2.75, 3.05) is 31.1 Å². The minimum atomic E-state index is -5.08. The summed E-state index contributed by atoms with van der Waals surface area (Å²) in [7, 11) is 0. The molecule has 1 aliphatic heterocycles. The van der Waals surface area contributed by atoms with E-state index in [2.05, 4.69) is 20.4 Å². The molecule has 19 heavy (non-hydrogen) atoms. The molecule has 1 aromatic heterocycles. The highest BCUT2D eigenvalue weighted by Crippen LogP contribution is 2.13. The van der Waals surface area contributed by atoms with E-state index in [0.717, 1.165) is 26.2 Å². The Hall–Kier alpha value is -1.90. The van der Waals surface area contributed by atoms with E-state index in [1.165, 1.54) is 5.69 Å². The normalized spacial score (nSPS) is 15.4. The van der Waals surface area contributed by atoms with Gasteiger partial charge in [-0.2, -0.15) is 23.4 Å². The predicted molar refractivity (Wildman–Crippen MR) is 60.8 cm³/mol. The van der Waals surface area contributed by atoms with Gasteiger partial charge in [-0.1, -0.05) is 0 Å². The Kier molecular flexibility index (Phi) is 5.49. The zero-order valence-corrected chi connectivity index (χ0v) is 9.89. The van der Waals surface area contributed by atoms with Crippen LogP contribution >= 0.6 is 0 Å². The Morgan fingerprint density at radius 2 is 1.89 bits per heavy atom. The van der Waals surface area contributed by atoms with E-state index in [9.17, 15) is 13.2 Å². The molecule has 6 nitrogen and oxygen atoms in total. The highest BCUT2D eigenvalue weighted by molar-refractivity contribution is 5.73. The van der Waals surface area contributed by atoms with Crippen molar-refractivity contribution in [1.29, 1.82) is 0 Å². The van der Waals surface area contributed by atoms with Gasteiger partial charge < -0.3 is 15.3 Å². The molecule has 2 N–H and O–H groups in total. The Morgan fingerprint density at radius 1 is 1.32 bits per heavy atom. The molecule has 0 saturated carbocycles. The number of rotatable bonds is 1. The molecule has 0 unspecified atom stereocenters. The lowest BCUT2D eigenvalue weighted by atomic mass is 10.3. The van der Waals surface area contributed by atoms with E-state index in [1.54, 1.807) is 6.20 Å². The molecular formula is C10H13F3N4O2. The quantitative estimate of drug-likeness (QED) is 0.779. The van der Waals surface area contributed by atoms with Crippen molar-refractivity contribution >= 4 is 11.7 Å². The number of nitrogens with one attached hydrogen (secondary N) is 1. The zero-order valence-electron chi connectivity index (χ0n) is 9.89. The molecule has 0 atom stereocenters. The van der Waals surface area contributed by atoms with Gasteiger partial charge in [-0.3, -0.25) is 0 Å². The Morgan fingerprint density at radius 3 is 2.32 bits per heavy atom. The van der Waals surface area contributed by atoms with Crippen LogP contribution in [0.15, 0.2) is 18.5 Å². The molecule has 1 saturated heterocycles. The summed E-state index contributed by atoms with van der Waals surface area (Å²) in [5.41, 5.74) is 1.17. The van der Waals surface area contributed by atoms with E-state index < -0.39 is 12.1 Å². The maximum Gasteiger partial charge on any atom is 0.490 e. The first-order valence-electron chi connectivity index (χ1n) is 5.43. The molecule has 0 bridgehead atoms. The smallest absolute Gasteiger partial charge is 0.475 e. The van der Waals surface area contributed by atoms with Gasteiger partial charge in [0.15, 0.2) is 0 Å². The fourth-order valence-electron chi connectivity index (χ4n) is 1.39. The van der Waals surface area contributed by atoms with Crippen molar-refractivity contribution < 1.29 is 23.1 Å². The maximum atomic E-state index is 10.6. The van der Waals surface area contributed by atoms with Gasteiger partial charge in [-0.25, -0.2) is 4.79 Å². The number of halogens is 3. The Bertz CT molecular complexity index is 394. The molecule has 2 rings (SSSR count). The maximum absolute atomic E-state index is 10.6. The second-order valence-corrected chi connectivity index (χ2v) is 3.64. The van der Waals surface area contributed by atoms with Crippen molar-refractivity contribution in [3.8, 4) is 0 Å². The molecule has 9 heteroatoms. The van der Waals surface area contributed by atoms with Crippen molar-refractivity contribution in [2.24, 2.45) is 0 Å². The fraction of sp³-hybridized carbons (Fsp3) is 0.500. The molecule has 0 radical (unpaired) electrons. The highest BCUT2D eigenvalue weighted by Gasteiger charge is 2.38. The van der Waals surface area contributed by atoms with E-state index in [1.807, 2.05) is 12.3 Å². The first-order valence-corrected chi connectivity index (χ1v) is 5.43. The molecular weight excluding hydrogens is 265 g/mol. The van der Waals surface area contributed by atoms with Crippen LogP contribution in [0, 0.1) is 0 Å². The molecule has 2 heterocycles. The third kappa shape index (κ3) is 5.51.